The molecule has 1 saturated carbocycles. The number of morpholine rings is 1. The maximum Gasteiger partial charge on any atom is 0.252 e. The predicted molar refractivity (Wildman–Crippen MR) is 134 cm³/mol. The molecule has 5 atom stereocenters. The molecule has 0 aromatic carbocycles. The molecule has 5 unspecified atom stereocenters. The number of ether oxygens (including phenoxy) is 1. The smallest absolute Gasteiger partial charge is 0.252 e. The molecule has 6 rings (SSSR count). The van der Waals surface area contributed by atoms with Gasteiger partial charge in [0.2, 0.25) is 0 Å². The lowest BCUT2D eigenvalue weighted by molar-refractivity contribution is 0.0745. The quantitative estimate of drug-likeness (QED) is 0.633. The molecule has 2 aromatic heterocycles. The number of amides is 1. The lowest BCUT2D eigenvalue weighted by Gasteiger charge is -2.42. The van der Waals surface area contributed by atoms with Crippen molar-refractivity contribution in [1.29, 1.82) is 0 Å². The zero-order valence-corrected chi connectivity index (χ0v) is 21.1. The number of nitrogens with zero attached hydrogens (tertiary/aromatic N) is 3. The van der Waals surface area contributed by atoms with Gasteiger partial charge in [-0.05, 0) is 68.7 Å². The fraction of sp³-hybridized carbons (Fsp3) is 0.593. The average molecular weight is 496 g/mol. The van der Waals surface area contributed by atoms with E-state index >= 15 is 0 Å². The predicted octanol–water partition coefficient (Wildman–Crippen LogP) is 3.02. The normalized spacial score (nSPS) is 31.2. The number of rotatable bonds is 4. The van der Waals surface area contributed by atoms with E-state index in [1.165, 1.54) is 26.1 Å². The Kier molecular flexibility index (Phi) is 5.50. The summed E-state index contributed by atoms with van der Waals surface area (Å²) in [5, 5.41) is 6.64. The molecule has 0 bridgehead atoms. The maximum absolute atomic E-state index is 14.4. The molecule has 192 valence electrons. The van der Waals surface area contributed by atoms with Crippen LogP contribution in [0.3, 0.4) is 0 Å². The molecule has 36 heavy (non-hydrogen) atoms. The third-order valence-electron chi connectivity index (χ3n) is 8.52. The number of fused-ring (bicyclic) bond motifs is 2. The van der Waals surface area contributed by atoms with Crippen LogP contribution in [0.5, 0.6) is 0 Å². The summed E-state index contributed by atoms with van der Waals surface area (Å²) in [4.78, 5) is 32.6. The Labute approximate surface area is 210 Å². The summed E-state index contributed by atoms with van der Waals surface area (Å²) in [5.74, 6) is 1.32. The second-order valence-electron chi connectivity index (χ2n) is 11.3. The second-order valence-corrected chi connectivity index (χ2v) is 11.3. The van der Waals surface area contributed by atoms with Gasteiger partial charge in [0.05, 0.1) is 12.3 Å². The van der Waals surface area contributed by atoms with E-state index in [1.54, 1.807) is 12.1 Å². The van der Waals surface area contributed by atoms with Crippen LogP contribution in [-0.2, 0) is 17.0 Å². The first kappa shape index (κ1) is 23.6. The highest BCUT2D eigenvalue weighted by molar-refractivity contribution is 5.94. The first-order valence-electron chi connectivity index (χ1n) is 13.0. The van der Waals surface area contributed by atoms with Crippen LogP contribution in [0.1, 0.15) is 74.0 Å². The van der Waals surface area contributed by atoms with Crippen molar-refractivity contribution in [3.8, 4) is 0 Å². The Morgan fingerprint density at radius 2 is 2.11 bits per heavy atom. The van der Waals surface area contributed by atoms with Gasteiger partial charge in [0.1, 0.15) is 23.4 Å². The van der Waals surface area contributed by atoms with E-state index in [4.69, 9.17) is 4.74 Å². The lowest BCUT2D eigenvalue weighted by atomic mass is 9.74. The molecule has 2 aromatic rings. The number of anilines is 1. The molecular weight excluding hydrogens is 461 g/mol. The third-order valence-corrected chi connectivity index (χ3v) is 8.52. The van der Waals surface area contributed by atoms with Crippen LogP contribution in [0.15, 0.2) is 35.3 Å². The highest BCUT2D eigenvalue weighted by atomic mass is 19.1. The van der Waals surface area contributed by atoms with Gasteiger partial charge >= 0.3 is 0 Å². The maximum atomic E-state index is 14.4. The summed E-state index contributed by atoms with van der Waals surface area (Å²) < 4.78 is 22.1. The van der Waals surface area contributed by atoms with E-state index in [0.29, 0.717) is 24.6 Å². The number of pyridine rings is 2. The average Bonchev–Trinajstić information content (AvgIpc) is 3.58. The van der Waals surface area contributed by atoms with Gasteiger partial charge in [0.25, 0.3) is 11.5 Å². The number of hydrogen-bond acceptors (Lipinski definition) is 6. The number of hydrogen-bond donors (Lipinski definition) is 2. The molecule has 4 aliphatic rings. The van der Waals surface area contributed by atoms with Gasteiger partial charge in [-0.25, -0.2) is 4.39 Å². The van der Waals surface area contributed by atoms with Crippen molar-refractivity contribution < 1.29 is 13.9 Å². The Hall–Kier alpha value is -2.78. The summed E-state index contributed by atoms with van der Waals surface area (Å²) in [7, 11) is 0. The SMILES string of the molecule is CC1CCC(NC(=O)c2ccnc(C(C)(C)F)c2)CC1c1cc2n(c(=O)c1)CCC13NC1OCCN23. The van der Waals surface area contributed by atoms with Gasteiger partial charge in [-0.3, -0.25) is 24.5 Å². The molecule has 2 saturated heterocycles. The summed E-state index contributed by atoms with van der Waals surface area (Å²) in [6, 6.07) is 7.12. The minimum Gasteiger partial charge on any atom is -0.357 e. The Morgan fingerprint density at radius 1 is 1.28 bits per heavy atom. The number of alkyl halides is 1. The van der Waals surface area contributed by atoms with Crippen LogP contribution in [0.2, 0.25) is 0 Å². The van der Waals surface area contributed by atoms with Gasteiger partial charge < -0.3 is 15.0 Å². The molecule has 9 heteroatoms. The summed E-state index contributed by atoms with van der Waals surface area (Å²) in [6.07, 6.45) is 4.97. The number of halogens is 1. The van der Waals surface area contributed by atoms with Crippen molar-refractivity contribution in [2.45, 2.75) is 82.5 Å². The highest BCUT2D eigenvalue weighted by Crippen LogP contribution is 2.45. The van der Waals surface area contributed by atoms with E-state index in [-0.39, 0.29) is 41.0 Å². The summed E-state index contributed by atoms with van der Waals surface area (Å²) in [6.45, 7) is 7.18. The minimum atomic E-state index is -1.61. The van der Waals surface area contributed by atoms with Crippen LogP contribution >= 0.6 is 0 Å². The molecule has 0 radical (unpaired) electrons. The van der Waals surface area contributed by atoms with Crippen molar-refractivity contribution in [2.24, 2.45) is 5.92 Å². The fourth-order valence-electron chi connectivity index (χ4n) is 6.33. The van der Waals surface area contributed by atoms with Crippen molar-refractivity contribution in [2.75, 3.05) is 18.1 Å². The zero-order chi connectivity index (χ0) is 25.2. The molecule has 3 fully saturated rings. The Balaban J connectivity index is 1.23. The van der Waals surface area contributed by atoms with E-state index in [0.717, 1.165) is 43.6 Å². The van der Waals surface area contributed by atoms with Gasteiger partial charge in [0.15, 0.2) is 0 Å². The van der Waals surface area contributed by atoms with Crippen LogP contribution in [-0.4, -0.2) is 46.5 Å². The van der Waals surface area contributed by atoms with Crippen LogP contribution in [0.4, 0.5) is 10.2 Å². The standard InChI is InChI=1S/C27H34FN5O3/c1-16-4-5-19(30-24(35)17-6-8-29-21(12-17)26(2,3)28)15-20(16)18-13-22-32(23(34)14-18)9-7-27-25(31-27)36-11-10-33(22)27/h6,8,12-14,16,19-20,25,31H,4-5,7,9-11,15H2,1-3H3,(H,30,35). The van der Waals surface area contributed by atoms with Crippen molar-refractivity contribution in [3.63, 3.8) is 0 Å². The zero-order valence-electron chi connectivity index (χ0n) is 21.1. The van der Waals surface area contributed by atoms with Gasteiger partial charge in [-0.2, -0.15) is 0 Å². The molecule has 3 aliphatic heterocycles. The van der Waals surface area contributed by atoms with Crippen LogP contribution in [0, 0.1) is 5.92 Å². The van der Waals surface area contributed by atoms with E-state index in [1.807, 2.05) is 4.57 Å². The van der Waals surface area contributed by atoms with Gasteiger partial charge in [0, 0.05) is 43.4 Å². The van der Waals surface area contributed by atoms with Crippen molar-refractivity contribution in [3.05, 3.63) is 57.6 Å². The van der Waals surface area contributed by atoms with Crippen molar-refractivity contribution >= 4 is 11.7 Å². The molecule has 2 N–H and O–H groups in total. The number of aromatic nitrogens is 2. The fourth-order valence-corrected chi connectivity index (χ4v) is 6.33. The van der Waals surface area contributed by atoms with Gasteiger partial charge in [-0.15, -0.1) is 0 Å². The molecular formula is C27H34FN5O3. The Bertz CT molecular complexity index is 1260. The summed E-state index contributed by atoms with van der Waals surface area (Å²) in [5.41, 5.74) is -0.0428. The second kappa shape index (κ2) is 8.38. The third kappa shape index (κ3) is 3.93. The van der Waals surface area contributed by atoms with Gasteiger partial charge in [-0.1, -0.05) is 6.92 Å². The molecule has 1 amide bonds. The topological polar surface area (TPSA) is 98.4 Å². The monoisotopic (exact) mass is 495 g/mol. The summed E-state index contributed by atoms with van der Waals surface area (Å²) >= 11 is 0. The molecule has 5 heterocycles. The van der Waals surface area contributed by atoms with Crippen molar-refractivity contribution in [1.82, 2.24) is 20.2 Å². The van der Waals surface area contributed by atoms with E-state index in [9.17, 15) is 14.0 Å². The highest BCUT2D eigenvalue weighted by Gasteiger charge is 2.62. The largest absolute Gasteiger partial charge is 0.357 e. The molecule has 1 spiro atoms. The van der Waals surface area contributed by atoms with Crippen LogP contribution < -0.4 is 21.1 Å². The van der Waals surface area contributed by atoms with E-state index in [2.05, 4.69) is 33.5 Å². The molecule has 8 nitrogen and oxygen atoms in total. The number of nitrogens with one attached hydrogen (secondary N) is 2. The minimum absolute atomic E-state index is 0.0169. The number of carbonyl (C=O) groups excluding carboxylic acids is 1. The van der Waals surface area contributed by atoms with E-state index < -0.39 is 5.67 Å². The first-order valence-corrected chi connectivity index (χ1v) is 13.0. The first-order chi connectivity index (χ1) is 17.2. The number of carbonyl (C=O) groups is 1. The lowest BCUT2D eigenvalue weighted by Crippen LogP contribution is -2.53. The Morgan fingerprint density at radius 3 is 2.92 bits per heavy atom. The van der Waals surface area contributed by atoms with Crippen LogP contribution in [0.25, 0.3) is 0 Å². The molecule has 1 aliphatic carbocycles.